The van der Waals surface area contributed by atoms with Gasteiger partial charge in [-0.1, -0.05) is 26.8 Å². The van der Waals surface area contributed by atoms with Gasteiger partial charge in [0.05, 0.1) is 12.2 Å². The van der Waals surface area contributed by atoms with Crippen LogP contribution >= 0.6 is 0 Å². The molecule has 0 radical (unpaired) electrons. The molecule has 0 fully saturated rings. The van der Waals surface area contributed by atoms with Gasteiger partial charge in [-0.25, -0.2) is 4.79 Å². The monoisotopic (exact) mass is 329 g/mol. The number of aromatic carboxylic acids is 1. The first-order chi connectivity index (χ1) is 11.3. The molecular formula is C18H19NO5. The first kappa shape index (κ1) is 16.1. The van der Waals surface area contributed by atoms with Crippen molar-refractivity contribution in [1.29, 1.82) is 0 Å². The van der Waals surface area contributed by atoms with Gasteiger partial charge in [-0.2, -0.15) is 0 Å². The molecule has 3 rings (SSSR count). The average Bonchev–Trinajstić information content (AvgIpc) is 2.98. The number of fused-ring (bicyclic) bond motifs is 1. The molecule has 1 aromatic carbocycles. The van der Waals surface area contributed by atoms with Crippen LogP contribution in [-0.4, -0.2) is 23.6 Å². The summed E-state index contributed by atoms with van der Waals surface area (Å²) in [5, 5.41) is 8.95. The molecule has 6 nitrogen and oxygen atoms in total. The Hall–Kier alpha value is -2.76. The number of ether oxygens (including phenoxy) is 1. The number of carboxylic acid groups (broad SMARTS) is 1. The lowest BCUT2D eigenvalue weighted by molar-refractivity contribution is -0.121. The van der Waals surface area contributed by atoms with E-state index >= 15 is 0 Å². The van der Waals surface area contributed by atoms with Crippen LogP contribution in [0.25, 0.3) is 0 Å². The molecule has 0 aliphatic carbocycles. The van der Waals surface area contributed by atoms with Crippen LogP contribution in [0.3, 0.4) is 0 Å². The molecular weight excluding hydrogens is 310 g/mol. The molecule has 1 aliphatic rings. The topological polar surface area (TPSA) is 80.0 Å². The minimum atomic E-state index is -1.13. The number of hydrogen-bond donors (Lipinski definition) is 1. The summed E-state index contributed by atoms with van der Waals surface area (Å²) >= 11 is 0. The average molecular weight is 329 g/mol. The van der Waals surface area contributed by atoms with Crippen molar-refractivity contribution in [2.45, 2.75) is 32.7 Å². The largest absolute Gasteiger partial charge is 0.482 e. The Morgan fingerprint density at radius 1 is 1.25 bits per heavy atom. The zero-order valence-electron chi connectivity index (χ0n) is 13.8. The Morgan fingerprint density at radius 2 is 2.00 bits per heavy atom. The Balaban J connectivity index is 1.96. The van der Waals surface area contributed by atoms with Crippen molar-refractivity contribution in [3.8, 4) is 5.75 Å². The molecule has 0 saturated heterocycles. The molecule has 1 aliphatic heterocycles. The third kappa shape index (κ3) is 2.99. The molecule has 0 atom stereocenters. The number of nitrogens with zero attached hydrogens (tertiary/aromatic N) is 1. The van der Waals surface area contributed by atoms with E-state index in [1.54, 1.807) is 11.0 Å². The van der Waals surface area contributed by atoms with Crippen LogP contribution in [0, 0.1) is 0 Å². The van der Waals surface area contributed by atoms with Gasteiger partial charge < -0.3 is 14.3 Å². The quantitative estimate of drug-likeness (QED) is 0.935. The van der Waals surface area contributed by atoms with E-state index in [9.17, 15) is 9.59 Å². The van der Waals surface area contributed by atoms with Crippen LogP contribution in [0.1, 0.15) is 42.6 Å². The van der Waals surface area contributed by atoms with Crippen molar-refractivity contribution >= 4 is 17.6 Å². The van der Waals surface area contributed by atoms with Crippen molar-refractivity contribution in [3.05, 3.63) is 47.4 Å². The summed E-state index contributed by atoms with van der Waals surface area (Å²) in [5.41, 5.74) is 1.68. The number of carboxylic acids is 1. The first-order valence-corrected chi connectivity index (χ1v) is 7.65. The molecule has 126 valence electrons. The van der Waals surface area contributed by atoms with Gasteiger partial charge in [-0.15, -0.1) is 0 Å². The van der Waals surface area contributed by atoms with Gasteiger partial charge in [0.15, 0.2) is 6.61 Å². The molecule has 0 bridgehead atoms. The van der Waals surface area contributed by atoms with Gasteiger partial charge in [0, 0.05) is 0 Å². The van der Waals surface area contributed by atoms with E-state index in [1.165, 1.54) is 6.07 Å². The smallest absolute Gasteiger partial charge is 0.371 e. The highest BCUT2D eigenvalue weighted by Crippen LogP contribution is 2.37. The summed E-state index contributed by atoms with van der Waals surface area (Å²) in [5.74, 6) is -0.427. The third-order valence-electron chi connectivity index (χ3n) is 3.95. The van der Waals surface area contributed by atoms with E-state index in [4.69, 9.17) is 14.3 Å². The number of amides is 1. The van der Waals surface area contributed by atoms with Crippen molar-refractivity contribution in [1.82, 2.24) is 0 Å². The van der Waals surface area contributed by atoms with E-state index in [0.29, 0.717) is 17.2 Å². The molecule has 2 heterocycles. The molecule has 1 N–H and O–H groups in total. The molecule has 0 spiro atoms. The summed E-state index contributed by atoms with van der Waals surface area (Å²) in [6.45, 7) is 6.40. The Labute approximate surface area is 139 Å². The van der Waals surface area contributed by atoms with Crippen LogP contribution in [0.5, 0.6) is 5.75 Å². The minimum absolute atomic E-state index is 0.0473. The Morgan fingerprint density at radius 3 is 2.62 bits per heavy atom. The zero-order valence-corrected chi connectivity index (χ0v) is 13.8. The fourth-order valence-corrected chi connectivity index (χ4v) is 2.58. The van der Waals surface area contributed by atoms with Crippen LogP contribution in [0.15, 0.2) is 34.7 Å². The van der Waals surface area contributed by atoms with Crippen LogP contribution in [0.4, 0.5) is 5.69 Å². The lowest BCUT2D eigenvalue weighted by Crippen LogP contribution is -2.38. The van der Waals surface area contributed by atoms with E-state index in [1.807, 2.05) is 18.2 Å². The Bertz CT molecular complexity index is 800. The fraction of sp³-hybridized carbons (Fsp3) is 0.333. The van der Waals surface area contributed by atoms with Gasteiger partial charge >= 0.3 is 5.97 Å². The lowest BCUT2D eigenvalue weighted by atomic mass is 9.86. The van der Waals surface area contributed by atoms with Gasteiger partial charge in [-0.05, 0) is 35.2 Å². The highest BCUT2D eigenvalue weighted by molar-refractivity contribution is 5.97. The van der Waals surface area contributed by atoms with Crippen molar-refractivity contribution in [2.24, 2.45) is 0 Å². The second-order valence-corrected chi connectivity index (χ2v) is 6.77. The van der Waals surface area contributed by atoms with Crippen molar-refractivity contribution < 1.29 is 23.8 Å². The maximum absolute atomic E-state index is 12.3. The second-order valence-electron chi connectivity index (χ2n) is 6.77. The highest BCUT2D eigenvalue weighted by atomic mass is 16.5. The molecule has 1 amide bonds. The second kappa shape index (κ2) is 5.70. The number of hydrogen-bond acceptors (Lipinski definition) is 4. The first-order valence-electron chi connectivity index (χ1n) is 7.65. The van der Waals surface area contributed by atoms with Gasteiger partial charge in [0.1, 0.15) is 11.5 Å². The molecule has 24 heavy (non-hydrogen) atoms. The molecule has 2 aromatic rings. The number of carbonyl (C=O) groups is 2. The Kier molecular flexibility index (Phi) is 3.83. The van der Waals surface area contributed by atoms with Crippen LogP contribution in [0.2, 0.25) is 0 Å². The number of anilines is 1. The van der Waals surface area contributed by atoms with Crippen molar-refractivity contribution in [3.63, 3.8) is 0 Å². The van der Waals surface area contributed by atoms with Crippen molar-refractivity contribution in [2.75, 3.05) is 11.5 Å². The van der Waals surface area contributed by atoms with Crippen LogP contribution in [-0.2, 0) is 16.8 Å². The van der Waals surface area contributed by atoms with Crippen LogP contribution < -0.4 is 9.64 Å². The standard InChI is InChI=1S/C18H19NO5/c1-18(2,3)11-4-6-14-13(8-11)19(16(20)10-23-14)9-12-5-7-15(24-12)17(21)22/h4-8H,9-10H2,1-3H3,(H,21,22). The fourth-order valence-electron chi connectivity index (χ4n) is 2.58. The molecule has 0 saturated carbocycles. The number of furan rings is 1. The normalized spacial score (nSPS) is 14.3. The van der Waals surface area contributed by atoms with Gasteiger partial charge in [0.2, 0.25) is 5.76 Å². The summed E-state index contributed by atoms with van der Waals surface area (Å²) in [4.78, 5) is 24.8. The minimum Gasteiger partial charge on any atom is -0.482 e. The lowest BCUT2D eigenvalue weighted by Gasteiger charge is -2.30. The van der Waals surface area contributed by atoms with E-state index in [2.05, 4.69) is 20.8 Å². The SMILES string of the molecule is CC(C)(C)c1ccc2c(c1)N(Cc1ccc(C(=O)O)o1)C(=O)CO2. The predicted octanol–water partition coefficient (Wildman–Crippen LogP) is 3.20. The summed E-state index contributed by atoms with van der Waals surface area (Å²) < 4.78 is 10.8. The maximum Gasteiger partial charge on any atom is 0.371 e. The summed E-state index contributed by atoms with van der Waals surface area (Å²) in [6, 6.07) is 8.74. The maximum atomic E-state index is 12.3. The van der Waals surface area contributed by atoms with E-state index in [-0.39, 0.29) is 30.2 Å². The number of carbonyl (C=O) groups excluding carboxylic acids is 1. The number of benzene rings is 1. The summed E-state index contributed by atoms with van der Waals surface area (Å²) in [7, 11) is 0. The van der Waals surface area contributed by atoms with Gasteiger partial charge in [0.25, 0.3) is 5.91 Å². The number of rotatable bonds is 3. The third-order valence-corrected chi connectivity index (χ3v) is 3.95. The zero-order chi connectivity index (χ0) is 17.5. The van der Waals surface area contributed by atoms with E-state index in [0.717, 1.165) is 5.56 Å². The highest BCUT2D eigenvalue weighted by Gasteiger charge is 2.28. The molecule has 1 aromatic heterocycles. The van der Waals surface area contributed by atoms with E-state index < -0.39 is 5.97 Å². The molecule has 6 heteroatoms. The summed E-state index contributed by atoms with van der Waals surface area (Å²) in [6.07, 6.45) is 0. The predicted molar refractivity (Wildman–Crippen MR) is 87.5 cm³/mol. The van der Waals surface area contributed by atoms with Gasteiger partial charge in [-0.3, -0.25) is 9.69 Å². The molecule has 0 unspecified atom stereocenters.